The number of Topliss-reactive ketones (excluding diaryl/α,β-unsaturated/α-hetero) is 2. The standard InChI is InChI=1S/C31H43N3O10S/c1-15-11-19-25(37)23(29(45-14-22(32)35)26(38)28(19)43-7)34-30(39)16(2)9-8-10-20(41-5)27(44-31(33)40)18(4)13-17(3)24(36)21(12-15)42-6/h8-10,13,15,17,20-21,24,27,36H,11-12,14H2,1-7H3,(H2,32,35)(H2,33,40)(H,34,39)/b10-8-,16-9+,18-13+/t15-,17+,20+,21+,24-,27+/m1/s1. The van der Waals surface area contributed by atoms with E-state index >= 15 is 0 Å². The molecule has 0 spiro atoms. The number of amides is 3. The molecule has 13 nitrogen and oxygen atoms in total. The van der Waals surface area contributed by atoms with E-state index in [4.69, 9.17) is 30.4 Å². The normalized spacial score (nSPS) is 30.5. The van der Waals surface area contributed by atoms with E-state index < -0.39 is 59.8 Å². The summed E-state index contributed by atoms with van der Waals surface area (Å²) in [7, 11) is 4.11. The van der Waals surface area contributed by atoms with Crippen LogP contribution in [-0.4, -0.2) is 86.1 Å². The molecule has 6 N–H and O–H groups in total. The summed E-state index contributed by atoms with van der Waals surface area (Å²) in [5.74, 6) is -4.06. The van der Waals surface area contributed by atoms with Crippen LogP contribution in [0, 0.1) is 11.8 Å². The van der Waals surface area contributed by atoms with Crippen LogP contribution in [0.5, 0.6) is 0 Å². The topological polar surface area (TPSA) is 207 Å². The molecule has 2 rings (SSSR count). The van der Waals surface area contributed by atoms with Gasteiger partial charge in [0.2, 0.25) is 17.5 Å². The number of fused-ring (bicyclic) bond motifs is 2. The number of thioether (sulfide) groups is 1. The average Bonchev–Trinajstić information content (AvgIpc) is 2.98. The molecule has 0 radical (unpaired) electrons. The van der Waals surface area contributed by atoms with E-state index in [9.17, 15) is 29.1 Å². The molecule has 0 unspecified atom stereocenters. The number of carbonyl (C=O) groups excluding carboxylic acids is 5. The molecular weight excluding hydrogens is 606 g/mol. The molecule has 0 aromatic heterocycles. The van der Waals surface area contributed by atoms with Gasteiger partial charge in [-0.15, -0.1) is 11.8 Å². The Morgan fingerprint density at radius 2 is 1.73 bits per heavy atom. The first kappa shape index (κ1) is 37.5. The van der Waals surface area contributed by atoms with Crippen LogP contribution < -0.4 is 16.8 Å². The fraction of sp³-hybridized carbons (Fsp3) is 0.516. The molecule has 1 aliphatic heterocycles. The van der Waals surface area contributed by atoms with Crippen LogP contribution in [0.2, 0.25) is 0 Å². The third kappa shape index (κ3) is 9.88. The molecule has 1 heterocycles. The van der Waals surface area contributed by atoms with Gasteiger partial charge in [-0.25, -0.2) is 4.79 Å². The highest BCUT2D eigenvalue weighted by Crippen LogP contribution is 2.35. The molecule has 0 saturated heterocycles. The van der Waals surface area contributed by atoms with Gasteiger partial charge in [0, 0.05) is 31.3 Å². The van der Waals surface area contributed by atoms with E-state index in [0.29, 0.717) is 5.57 Å². The Balaban J connectivity index is 2.72. The molecule has 6 atom stereocenters. The number of carbonyl (C=O) groups is 5. The number of allylic oxidation sites excluding steroid dienone is 4. The summed E-state index contributed by atoms with van der Waals surface area (Å²) in [5.41, 5.74) is 11.1. The summed E-state index contributed by atoms with van der Waals surface area (Å²) in [4.78, 5) is 63.8. The fourth-order valence-electron chi connectivity index (χ4n) is 5.10. The Kier molecular flexibility index (Phi) is 14.2. The van der Waals surface area contributed by atoms with Gasteiger partial charge in [-0.2, -0.15) is 0 Å². The summed E-state index contributed by atoms with van der Waals surface area (Å²) < 4.78 is 21.9. The van der Waals surface area contributed by atoms with Crippen molar-refractivity contribution < 1.29 is 48.0 Å². The molecule has 0 saturated carbocycles. The van der Waals surface area contributed by atoms with Crippen molar-refractivity contribution in [2.45, 2.75) is 65.0 Å². The van der Waals surface area contributed by atoms with Crippen LogP contribution in [0.25, 0.3) is 0 Å². The SMILES string of the molecule is COC1=C2C[C@@H](C)C[C@H](OC)[C@H](O)[C@@H](C)/C=C(\C)[C@H](OC(N)=O)[C@@H](OC)/C=C\C=C(/C)C(=O)NC(=C(SCC(N)=O)C1=O)C2=O. The minimum Gasteiger partial charge on any atom is -0.492 e. The lowest BCUT2D eigenvalue weighted by molar-refractivity contribution is -0.121. The minimum atomic E-state index is -1.03. The maximum absolute atomic E-state index is 13.9. The Morgan fingerprint density at radius 1 is 1.07 bits per heavy atom. The van der Waals surface area contributed by atoms with Gasteiger partial charge < -0.3 is 40.8 Å². The highest BCUT2D eigenvalue weighted by molar-refractivity contribution is 8.04. The molecule has 1 aliphatic carbocycles. The van der Waals surface area contributed by atoms with E-state index in [1.54, 1.807) is 26.0 Å². The monoisotopic (exact) mass is 649 g/mol. The zero-order valence-corrected chi connectivity index (χ0v) is 27.4. The average molecular weight is 650 g/mol. The molecule has 0 fully saturated rings. The summed E-state index contributed by atoms with van der Waals surface area (Å²) >= 11 is 0.726. The number of hydrogen-bond donors (Lipinski definition) is 4. The number of nitrogens with two attached hydrogens (primary N) is 2. The highest BCUT2D eigenvalue weighted by Gasteiger charge is 2.38. The van der Waals surface area contributed by atoms with E-state index in [2.05, 4.69) is 5.32 Å². The second kappa shape index (κ2) is 17.1. The zero-order valence-electron chi connectivity index (χ0n) is 26.6. The van der Waals surface area contributed by atoms with Crippen molar-refractivity contribution in [3.8, 4) is 0 Å². The second-order valence-electron chi connectivity index (χ2n) is 11.0. The van der Waals surface area contributed by atoms with Crippen LogP contribution in [0.15, 0.2) is 57.4 Å². The molecule has 14 heteroatoms. The summed E-state index contributed by atoms with van der Waals surface area (Å²) in [6.07, 6.45) is 2.02. The number of primary amides is 2. The predicted molar refractivity (Wildman–Crippen MR) is 167 cm³/mol. The number of ether oxygens (including phenoxy) is 4. The van der Waals surface area contributed by atoms with Crippen LogP contribution in [0.3, 0.4) is 0 Å². The Labute approximate surface area is 267 Å². The molecule has 0 aromatic rings. The number of hydrogen-bond acceptors (Lipinski definition) is 11. The van der Waals surface area contributed by atoms with Crippen molar-refractivity contribution in [2.24, 2.45) is 23.3 Å². The van der Waals surface area contributed by atoms with Gasteiger partial charge in [0.15, 0.2) is 11.9 Å². The predicted octanol–water partition coefficient (Wildman–Crippen LogP) is 1.95. The largest absolute Gasteiger partial charge is 0.492 e. The number of aliphatic hydroxyl groups excluding tert-OH is 1. The minimum absolute atomic E-state index is 0.0377. The molecule has 3 amide bonds. The zero-order chi connectivity index (χ0) is 34.0. The molecule has 248 valence electrons. The quantitative estimate of drug-likeness (QED) is 0.232. The molecule has 2 aliphatic rings. The lowest BCUT2D eigenvalue weighted by Gasteiger charge is -2.30. The molecular formula is C31H43N3O10S. The smallest absolute Gasteiger partial charge is 0.405 e. The molecule has 45 heavy (non-hydrogen) atoms. The maximum Gasteiger partial charge on any atom is 0.405 e. The van der Waals surface area contributed by atoms with Crippen LogP contribution >= 0.6 is 11.8 Å². The van der Waals surface area contributed by atoms with Gasteiger partial charge >= 0.3 is 6.09 Å². The number of methoxy groups -OCH3 is 3. The number of rotatable bonds is 7. The lowest BCUT2D eigenvalue weighted by atomic mass is 9.85. The first-order valence-electron chi connectivity index (χ1n) is 14.2. The third-order valence-electron chi connectivity index (χ3n) is 7.42. The number of ketones is 2. The first-order valence-corrected chi connectivity index (χ1v) is 15.2. The van der Waals surface area contributed by atoms with Crippen LogP contribution in [0.4, 0.5) is 4.79 Å². The van der Waals surface area contributed by atoms with Crippen molar-refractivity contribution in [1.82, 2.24) is 5.32 Å². The van der Waals surface area contributed by atoms with E-state index in [-0.39, 0.29) is 52.0 Å². The first-order chi connectivity index (χ1) is 21.2. The van der Waals surface area contributed by atoms with Gasteiger partial charge in [0.1, 0.15) is 11.8 Å². The number of aliphatic hydroxyl groups is 1. The van der Waals surface area contributed by atoms with Crippen molar-refractivity contribution in [3.05, 3.63) is 57.4 Å². The van der Waals surface area contributed by atoms with Crippen molar-refractivity contribution in [2.75, 3.05) is 27.1 Å². The van der Waals surface area contributed by atoms with Gasteiger partial charge in [0.25, 0.3) is 5.91 Å². The second-order valence-corrected chi connectivity index (χ2v) is 11.9. The van der Waals surface area contributed by atoms with E-state index in [1.807, 2.05) is 6.92 Å². The van der Waals surface area contributed by atoms with Crippen molar-refractivity contribution >= 4 is 41.2 Å². The summed E-state index contributed by atoms with van der Waals surface area (Å²) in [6.45, 7) is 6.79. The summed E-state index contributed by atoms with van der Waals surface area (Å²) in [5, 5.41) is 13.8. The van der Waals surface area contributed by atoms with Crippen LogP contribution in [0.1, 0.15) is 40.5 Å². The van der Waals surface area contributed by atoms with E-state index in [1.165, 1.54) is 40.4 Å². The van der Waals surface area contributed by atoms with Gasteiger partial charge in [0.05, 0.1) is 30.0 Å². The highest BCUT2D eigenvalue weighted by atomic mass is 32.2. The van der Waals surface area contributed by atoms with Crippen molar-refractivity contribution in [1.29, 1.82) is 0 Å². The van der Waals surface area contributed by atoms with Crippen molar-refractivity contribution in [3.63, 3.8) is 0 Å². The Morgan fingerprint density at radius 3 is 2.29 bits per heavy atom. The number of nitrogens with one attached hydrogen (secondary N) is 1. The maximum atomic E-state index is 13.9. The molecule has 2 bridgehead atoms. The third-order valence-corrected chi connectivity index (χ3v) is 8.53. The Hall–Kier alpha value is -3.72. The van der Waals surface area contributed by atoms with Gasteiger partial charge in [-0.1, -0.05) is 38.2 Å². The molecule has 0 aromatic carbocycles. The lowest BCUT2D eigenvalue weighted by Crippen LogP contribution is -2.37. The van der Waals surface area contributed by atoms with Crippen LogP contribution in [-0.2, 0) is 38.1 Å². The van der Waals surface area contributed by atoms with E-state index in [0.717, 1.165) is 11.8 Å². The Bertz CT molecular complexity index is 1330. The van der Waals surface area contributed by atoms with Gasteiger partial charge in [-0.05, 0) is 38.2 Å². The fourth-order valence-corrected chi connectivity index (χ4v) is 5.90. The van der Waals surface area contributed by atoms with Gasteiger partial charge in [-0.3, -0.25) is 19.2 Å². The summed E-state index contributed by atoms with van der Waals surface area (Å²) in [6, 6.07) is 0.